The van der Waals surface area contributed by atoms with Gasteiger partial charge in [-0.2, -0.15) is 0 Å². The molecule has 8 heteroatoms. The summed E-state index contributed by atoms with van der Waals surface area (Å²) in [6.07, 6.45) is 0. The molecule has 2 aromatic carbocycles. The van der Waals surface area contributed by atoms with E-state index in [1.165, 1.54) is 11.9 Å². The number of para-hydroxylation sites is 1. The molecule has 2 aromatic rings. The van der Waals surface area contributed by atoms with Gasteiger partial charge in [-0.1, -0.05) is 62.2 Å². The summed E-state index contributed by atoms with van der Waals surface area (Å²) in [7, 11) is 1.48. The normalized spacial score (nSPS) is 12.1. The Balaban J connectivity index is 1.94. The summed E-state index contributed by atoms with van der Waals surface area (Å²) in [5.41, 5.74) is 1.84. The van der Waals surface area contributed by atoms with Gasteiger partial charge in [0.2, 0.25) is 11.8 Å². The first kappa shape index (κ1) is 24.7. The summed E-state index contributed by atoms with van der Waals surface area (Å²) in [5, 5.41) is 5.87. The summed E-state index contributed by atoms with van der Waals surface area (Å²) in [6.45, 7) is 7.63. The maximum atomic E-state index is 12.6. The third-order valence-electron chi connectivity index (χ3n) is 4.72. The maximum Gasteiger partial charge on any atom is 0.251 e. The molecule has 31 heavy (non-hydrogen) atoms. The van der Waals surface area contributed by atoms with Gasteiger partial charge in [-0.15, -0.1) is 0 Å². The summed E-state index contributed by atoms with van der Waals surface area (Å²) >= 11 is 12.1. The number of carbonyl (C=O) groups excluding carboxylic acids is 3. The fourth-order valence-electron chi connectivity index (χ4n) is 2.88. The molecule has 0 radical (unpaired) electrons. The molecule has 6 nitrogen and oxygen atoms in total. The smallest absolute Gasteiger partial charge is 0.251 e. The molecule has 3 amide bonds. The Labute approximate surface area is 192 Å². The van der Waals surface area contributed by atoms with Crippen LogP contribution < -0.4 is 10.6 Å². The van der Waals surface area contributed by atoms with Gasteiger partial charge in [-0.3, -0.25) is 14.4 Å². The van der Waals surface area contributed by atoms with Crippen molar-refractivity contribution in [2.45, 2.75) is 39.2 Å². The Hall–Kier alpha value is -2.57. The molecule has 2 N–H and O–H groups in total. The molecule has 0 heterocycles. The number of amides is 3. The predicted molar refractivity (Wildman–Crippen MR) is 125 cm³/mol. The molecule has 0 fully saturated rings. The van der Waals surface area contributed by atoms with Crippen LogP contribution in [-0.2, 0) is 15.0 Å². The number of carbonyl (C=O) groups is 3. The highest BCUT2D eigenvalue weighted by Crippen LogP contribution is 2.29. The molecule has 2 rings (SSSR count). The Morgan fingerprint density at radius 2 is 1.55 bits per heavy atom. The second-order valence-electron chi connectivity index (χ2n) is 8.36. The molecule has 0 bridgehead atoms. The molecule has 0 aliphatic rings. The monoisotopic (exact) mass is 463 g/mol. The van der Waals surface area contributed by atoms with Crippen molar-refractivity contribution in [3.05, 3.63) is 63.6 Å². The van der Waals surface area contributed by atoms with Crippen molar-refractivity contribution in [3.63, 3.8) is 0 Å². The number of rotatable bonds is 6. The number of anilines is 1. The number of nitrogens with zero attached hydrogens (tertiary/aromatic N) is 1. The van der Waals surface area contributed by atoms with Gasteiger partial charge in [0, 0.05) is 12.6 Å². The SMILES string of the molecule is CC(NC(=O)c1ccc(C(C)(C)C)cc1)C(=O)N(C)CC(=O)Nc1c(Cl)cccc1Cl. The summed E-state index contributed by atoms with van der Waals surface area (Å²) in [4.78, 5) is 38.6. The van der Waals surface area contributed by atoms with Crippen molar-refractivity contribution in [2.75, 3.05) is 18.9 Å². The zero-order chi connectivity index (χ0) is 23.3. The van der Waals surface area contributed by atoms with Gasteiger partial charge in [0.15, 0.2) is 0 Å². The maximum absolute atomic E-state index is 12.6. The van der Waals surface area contributed by atoms with E-state index in [0.717, 1.165) is 5.56 Å². The molecule has 0 aliphatic carbocycles. The van der Waals surface area contributed by atoms with Gasteiger partial charge < -0.3 is 15.5 Å². The highest BCUT2D eigenvalue weighted by Gasteiger charge is 2.23. The molecule has 1 unspecified atom stereocenters. The van der Waals surface area contributed by atoms with E-state index in [1.54, 1.807) is 37.3 Å². The Kier molecular flexibility index (Phi) is 8.09. The van der Waals surface area contributed by atoms with E-state index >= 15 is 0 Å². The largest absolute Gasteiger partial charge is 0.341 e. The summed E-state index contributed by atoms with van der Waals surface area (Å²) in [6, 6.07) is 11.3. The minimum atomic E-state index is -0.809. The predicted octanol–water partition coefficient (Wildman–Crippen LogP) is 4.51. The Morgan fingerprint density at radius 1 is 1.00 bits per heavy atom. The number of benzene rings is 2. The first-order valence-electron chi connectivity index (χ1n) is 9.80. The van der Waals surface area contributed by atoms with E-state index in [0.29, 0.717) is 15.6 Å². The van der Waals surface area contributed by atoms with E-state index < -0.39 is 17.9 Å². The molecule has 0 spiro atoms. The van der Waals surface area contributed by atoms with Crippen molar-refractivity contribution in [2.24, 2.45) is 0 Å². The molecule has 0 aromatic heterocycles. The third-order valence-corrected chi connectivity index (χ3v) is 5.35. The average Bonchev–Trinajstić information content (AvgIpc) is 2.69. The van der Waals surface area contributed by atoms with Crippen LogP contribution in [-0.4, -0.2) is 42.3 Å². The minimum Gasteiger partial charge on any atom is -0.341 e. The lowest BCUT2D eigenvalue weighted by Gasteiger charge is -2.22. The second kappa shape index (κ2) is 10.2. The molecule has 0 aliphatic heterocycles. The van der Waals surface area contributed by atoms with E-state index in [-0.39, 0.29) is 23.6 Å². The molecule has 166 valence electrons. The third kappa shape index (κ3) is 6.71. The van der Waals surface area contributed by atoms with Crippen LogP contribution in [0.15, 0.2) is 42.5 Å². The fraction of sp³-hybridized carbons (Fsp3) is 0.348. The summed E-state index contributed by atoms with van der Waals surface area (Å²) in [5.74, 6) is -1.22. The number of halogens is 2. The Bertz CT molecular complexity index is 949. The number of hydrogen-bond donors (Lipinski definition) is 2. The van der Waals surface area contributed by atoms with Gasteiger partial charge in [-0.25, -0.2) is 0 Å². The van der Waals surface area contributed by atoms with E-state index in [1.807, 2.05) is 12.1 Å². The first-order valence-corrected chi connectivity index (χ1v) is 10.6. The number of likely N-dealkylation sites (N-methyl/N-ethyl adjacent to an activating group) is 1. The van der Waals surface area contributed by atoms with E-state index in [9.17, 15) is 14.4 Å². The first-order chi connectivity index (χ1) is 14.4. The van der Waals surface area contributed by atoms with Gasteiger partial charge in [0.05, 0.1) is 22.3 Å². The highest BCUT2D eigenvalue weighted by molar-refractivity contribution is 6.39. The Morgan fingerprint density at radius 3 is 2.06 bits per heavy atom. The van der Waals surface area contributed by atoms with Crippen molar-refractivity contribution >= 4 is 46.6 Å². The minimum absolute atomic E-state index is 0.0181. The van der Waals surface area contributed by atoms with Gasteiger partial charge in [0.1, 0.15) is 6.04 Å². The molecular formula is C23H27Cl2N3O3. The van der Waals surface area contributed by atoms with Crippen molar-refractivity contribution in [1.82, 2.24) is 10.2 Å². The molecule has 0 saturated heterocycles. The van der Waals surface area contributed by atoms with Crippen LogP contribution in [0.5, 0.6) is 0 Å². The van der Waals surface area contributed by atoms with Crippen molar-refractivity contribution in [1.29, 1.82) is 0 Å². The second-order valence-corrected chi connectivity index (χ2v) is 9.18. The van der Waals surface area contributed by atoms with Crippen LogP contribution in [0.2, 0.25) is 10.0 Å². The highest BCUT2D eigenvalue weighted by atomic mass is 35.5. The summed E-state index contributed by atoms with van der Waals surface area (Å²) < 4.78 is 0. The van der Waals surface area contributed by atoms with Crippen LogP contribution in [0.4, 0.5) is 5.69 Å². The number of hydrogen-bond acceptors (Lipinski definition) is 3. The van der Waals surface area contributed by atoms with Crippen LogP contribution in [0.1, 0.15) is 43.6 Å². The van der Waals surface area contributed by atoms with Crippen LogP contribution in [0.3, 0.4) is 0 Å². The quantitative estimate of drug-likeness (QED) is 0.661. The lowest BCUT2D eigenvalue weighted by molar-refractivity contribution is -0.134. The zero-order valence-electron chi connectivity index (χ0n) is 18.3. The molecule has 0 saturated carbocycles. The molecule has 1 atom stereocenters. The lowest BCUT2D eigenvalue weighted by atomic mass is 9.86. The van der Waals surface area contributed by atoms with E-state index in [4.69, 9.17) is 23.2 Å². The standard InChI is InChI=1S/C23H27Cl2N3O3/c1-14(26-21(30)15-9-11-16(12-10-15)23(2,3)4)22(31)28(5)13-19(29)27-20-17(24)7-6-8-18(20)25/h6-12,14H,13H2,1-5H3,(H,26,30)(H,27,29). The van der Waals surface area contributed by atoms with Crippen LogP contribution in [0, 0.1) is 0 Å². The van der Waals surface area contributed by atoms with E-state index in [2.05, 4.69) is 31.4 Å². The zero-order valence-corrected chi connectivity index (χ0v) is 19.8. The fourth-order valence-corrected chi connectivity index (χ4v) is 3.38. The average molecular weight is 464 g/mol. The van der Waals surface area contributed by atoms with Gasteiger partial charge >= 0.3 is 0 Å². The topological polar surface area (TPSA) is 78.5 Å². The number of nitrogens with one attached hydrogen (secondary N) is 2. The molecular weight excluding hydrogens is 437 g/mol. The van der Waals surface area contributed by atoms with Gasteiger partial charge in [0.25, 0.3) is 5.91 Å². The van der Waals surface area contributed by atoms with Crippen LogP contribution >= 0.6 is 23.2 Å². The van der Waals surface area contributed by atoms with Gasteiger partial charge in [-0.05, 0) is 42.2 Å². The van der Waals surface area contributed by atoms with Crippen molar-refractivity contribution in [3.8, 4) is 0 Å². The lowest BCUT2D eigenvalue weighted by Crippen LogP contribution is -2.47. The van der Waals surface area contributed by atoms with Crippen LogP contribution in [0.25, 0.3) is 0 Å². The van der Waals surface area contributed by atoms with Crippen molar-refractivity contribution < 1.29 is 14.4 Å².